The molecule has 1 saturated heterocycles. The van der Waals surface area contributed by atoms with Gasteiger partial charge in [-0.15, -0.1) is 0 Å². The monoisotopic (exact) mass is 312 g/mol. The highest BCUT2D eigenvalue weighted by Gasteiger charge is 2.40. The van der Waals surface area contributed by atoms with Gasteiger partial charge in [0, 0.05) is 24.9 Å². The standard InChI is InChI=1S/C16H28N2O2S/c19-15(17-8-10-21-12-13-3-4-13)18-14-5-9-20-16(11-14)6-1-2-7-16/h13-14H,1-12H2,(H2,17,18,19). The van der Waals surface area contributed by atoms with Crippen LogP contribution in [0.25, 0.3) is 0 Å². The van der Waals surface area contributed by atoms with Gasteiger partial charge in [-0.25, -0.2) is 4.79 Å². The molecule has 0 radical (unpaired) electrons. The molecule has 2 aliphatic carbocycles. The first-order valence-electron chi connectivity index (χ1n) is 8.52. The van der Waals surface area contributed by atoms with Crippen LogP contribution >= 0.6 is 11.8 Å². The lowest BCUT2D eigenvalue weighted by molar-refractivity contribution is -0.0820. The Morgan fingerprint density at radius 3 is 2.81 bits per heavy atom. The van der Waals surface area contributed by atoms with Crippen LogP contribution in [0.15, 0.2) is 0 Å². The molecule has 0 aromatic rings. The number of carbonyl (C=O) groups excluding carboxylic acids is 1. The first kappa shape index (κ1) is 15.5. The predicted octanol–water partition coefficient (Wildman–Crippen LogP) is 2.92. The topological polar surface area (TPSA) is 50.4 Å². The molecule has 2 saturated carbocycles. The van der Waals surface area contributed by atoms with Crippen molar-refractivity contribution in [1.82, 2.24) is 10.6 Å². The number of thioether (sulfide) groups is 1. The lowest BCUT2D eigenvalue weighted by Gasteiger charge is -2.38. The Bertz CT molecular complexity index is 354. The van der Waals surface area contributed by atoms with Crippen molar-refractivity contribution in [3.63, 3.8) is 0 Å². The smallest absolute Gasteiger partial charge is 0.315 e. The van der Waals surface area contributed by atoms with Gasteiger partial charge < -0.3 is 15.4 Å². The molecule has 2 N–H and O–H groups in total. The van der Waals surface area contributed by atoms with Crippen molar-refractivity contribution in [2.75, 3.05) is 24.7 Å². The van der Waals surface area contributed by atoms with Gasteiger partial charge >= 0.3 is 6.03 Å². The molecule has 120 valence electrons. The summed E-state index contributed by atoms with van der Waals surface area (Å²) in [6.07, 6.45) is 9.66. The van der Waals surface area contributed by atoms with Crippen LogP contribution in [0, 0.1) is 5.92 Å². The van der Waals surface area contributed by atoms with Gasteiger partial charge in [0.05, 0.1) is 5.60 Å². The average molecular weight is 312 g/mol. The van der Waals surface area contributed by atoms with Crippen molar-refractivity contribution in [2.45, 2.75) is 63.0 Å². The van der Waals surface area contributed by atoms with Crippen LogP contribution in [0.1, 0.15) is 51.4 Å². The molecule has 1 atom stereocenters. The lowest BCUT2D eigenvalue weighted by Crippen LogP contribution is -2.50. The van der Waals surface area contributed by atoms with E-state index in [2.05, 4.69) is 10.6 Å². The number of hydrogen-bond donors (Lipinski definition) is 2. The van der Waals surface area contributed by atoms with Crippen molar-refractivity contribution in [1.29, 1.82) is 0 Å². The third-order valence-corrected chi connectivity index (χ3v) is 6.13. The number of amides is 2. The van der Waals surface area contributed by atoms with E-state index in [-0.39, 0.29) is 17.7 Å². The van der Waals surface area contributed by atoms with E-state index in [0.29, 0.717) is 0 Å². The van der Waals surface area contributed by atoms with Crippen LogP contribution in [0.4, 0.5) is 4.79 Å². The highest BCUT2D eigenvalue weighted by Crippen LogP contribution is 2.39. The Labute approximate surface area is 132 Å². The molecule has 0 aromatic heterocycles. The van der Waals surface area contributed by atoms with Crippen molar-refractivity contribution in [3.05, 3.63) is 0 Å². The predicted molar refractivity (Wildman–Crippen MR) is 86.8 cm³/mol. The molecular formula is C16H28N2O2S. The lowest BCUT2D eigenvalue weighted by atomic mass is 9.89. The molecule has 4 nitrogen and oxygen atoms in total. The Kier molecular flexibility index (Phi) is 5.33. The van der Waals surface area contributed by atoms with Crippen LogP contribution in [0.5, 0.6) is 0 Å². The molecule has 21 heavy (non-hydrogen) atoms. The van der Waals surface area contributed by atoms with Crippen molar-refractivity contribution >= 4 is 17.8 Å². The van der Waals surface area contributed by atoms with Gasteiger partial charge in [0.15, 0.2) is 0 Å². The number of carbonyl (C=O) groups is 1. The van der Waals surface area contributed by atoms with E-state index in [1.807, 2.05) is 11.8 Å². The quantitative estimate of drug-likeness (QED) is 0.742. The van der Waals surface area contributed by atoms with E-state index in [9.17, 15) is 4.79 Å². The number of rotatable bonds is 6. The van der Waals surface area contributed by atoms with Gasteiger partial charge in [-0.1, -0.05) is 12.8 Å². The Morgan fingerprint density at radius 1 is 1.24 bits per heavy atom. The fourth-order valence-electron chi connectivity index (χ4n) is 3.53. The molecule has 1 unspecified atom stereocenters. The van der Waals surface area contributed by atoms with Gasteiger partial charge in [-0.2, -0.15) is 11.8 Å². The third-order valence-electron chi connectivity index (χ3n) is 4.93. The van der Waals surface area contributed by atoms with Crippen LogP contribution < -0.4 is 10.6 Å². The highest BCUT2D eigenvalue weighted by atomic mass is 32.2. The Balaban J connectivity index is 1.30. The van der Waals surface area contributed by atoms with Gasteiger partial charge in [0.2, 0.25) is 0 Å². The molecule has 1 aliphatic heterocycles. The van der Waals surface area contributed by atoms with Crippen LogP contribution in [-0.4, -0.2) is 42.3 Å². The Hall–Kier alpha value is -0.420. The first-order valence-corrected chi connectivity index (χ1v) is 9.67. The molecule has 2 amide bonds. The van der Waals surface area contributed by atoms with Gasteiger partial charge in [-0.05, 0) is 50.2 Å². The summed E-state index contributed by atoms with van der Waals surface area (Å²) < 4.78 is 6.00. The molecule has 0 bridgehead atoms. The summed E-state index contributed by atoms with van der Waals surface area (Å²) >= 11 is 1.96. The fraction of sp³-hybridized carbons (Fsp3) is 0.938. The van der Waals surface area contributed by atoms with Crippen molar-refractivity contribution in [2.24, 2.45) is 5.92 Å². The van der Waals surface area contributed by atoms with Crippen LogP contribution in [0.2, 0.25) is 0 Å². The number of hydrogen-bond acceptors (Lipinski definition) is 3. The summed E-state index contributed by atoms with van der Waals surface area (Å²) in [4.78, 5) is 12.0. The second-order valence-electron chi connectivity index (χ2n) is 6.85. The zero-order valence-corrected chi connectivity index (χ0v) is 13.7. The largest absolute Gasteiger partial charge is 0.375 e. The third kappa shape index (κ3) is 4.78. The summed E-state index contributed by atoms with van der Waals surface area (Å²) in [5.74, 6) is 3.27. The minimum absolute atomic E-state index is 0.00192. The van der Waals surface area contributed by atoms with E-state index in [4.69, 9.17) is 4.74 Å². The van der Waals surface area contributed by atoms with E-state index in [0.717, 1.165) is 37.7 Å². The molecule has 3 rings (SSSR count). The summed E-state index contributed by atoms with van der Waals surface area (Å²) in [5, 5.41) is 6.13. The average Bonchev–Trinajstić information content (AvgIpc) is 3.19. The summed E-state index contributed by atoms with van der Waals surface area (Å²) in [6.45, 7) is 1.57. The van der Waals surface area contributed by atoms with E-state index >= 15 is 0 Å². The zero-order chi connectivity index (χ0) is 14.5. The number of ether oxygens (including phenoxy) is 1. The second-order valence-corrected chi connectivity index (χ2v) is 8.00. The Morgan fingerprint density at radius 2 is 2.05 bits per heavy atom. The summed E-state index contributed by atoms with van der Waals surface area (Å²) in [7, 11) is 0. The molecule has 0 aromatic carbocycles. The van der Waals surface area contributed by atoms with Gasteiger partial charge in [0.25, 0.3) is 0 Å². The summed E-state index contributed by atoms with van der Waals surface area (Å²) in [5.41, 5.74) is 0.0797. The molecule has 5 heteroatoms. The molecular weight excluding hydrogens is 284 g/mol. The number of nitrogens with one attached hydrogen (secondary N) is 2. The van der Waals surface area contributed by atoms with Gasteiger partial charge in [-0.3, -0.25) is 0 Å². The molecule has 3 fully saturated rings. The minimum atomic E-state index is 0.00192. The molecule has 3 aliphatic rings. The van der Waals surface area contributed by atoms with Crippen LogP contribution in [0.3, 0.4) is 0 Å². The fourth-order valence-corrected chi connectivity index (χ4v) is 4.61. The SMILES string of the molecule is O=C(NCCSCC1CC1)NC1CCOC2(CCCC2)C1. The maximum absolute atomic E-state index is 12.0. The first-order chi connectivity index (χ1) is 10.3. The maximum atomic E-state index is 12.0. The van der Waals surface area contributed by atoms with Gasteiger partial charge in [0.1, 0.15) is 0 Å². The normalized spacial score (nSPS) is 27.7. The van der Waals surface area contributed by atoms with Crippen molar-refractivity contribution < 1.29 is 9.53 Å². The molecule has 1 heterocycles. The maximum Gasteiger partial charge on any atom is 0.315 e. The zero-order valence-electron chi connectivity index (χ0n) is 12.9. The van der Waals surface area contributed by atoms with E-state index in [1.165, 1.54) is 44.3 Å². The van der Waals surface area contributed by atoms with E-state index < -0.39 is 0 Å². The van der Waals surface area contributed by atoms with E-state index in [1.54, 1.807) is 0 Å². The highest BCUT2D eigenvalue weighted by molar-refractivity contribution is 7.99. The minimum Gasteiger partial charge on any atom is -0.375 e. The van der Waals surface area contributed by atoms with Crippen LogP contribution in [-0.2, 0) is 4.74 Å². The summed E-state index contributed by atoms with van der Waals surface area (Å²) in [6, 6.07) is 0.290. The molecule has 1 spiro atoms. The second kappa shape index (κ2) is 7.23. The number of urea groups is 1. The van der Waals surface area contributed by atoms with Crippen molar-refractivity contribution in [3.8, 4) is 0 Å².